The van der Waals surface area contributed by atoms with Crippen molar-refractivity contribution in [2.24, 2.45) is 16.5 Å². The molecule has 1 aromatic heterocycles. The largest absolute Gasteiger partial charge is 0.481 e. The third-order valence-electron chi connectivity index (χ3n) is 6.34. The second-order valence-electron chi connectivity index (χ2n) is 7.91. The van der Waals surface area contributed by atoms with Crippen molar-refractivity contribution < 1.29 is 22.7 Å². The second-order valence-corrected chi connectivity index (χ2v) is 9.47. The predicted octanol–water partition coefficient (Wildman–Crippen LogP) is 2.66. The van der Waals surface area contributed by atoms with Gasteiger partial charge in [-0.3, -0.25) is 4.79 Å². The summed E-state index contributed by atoms with van der Waals surface area (Å²) in [6, 6.07) is 9.94. The monoisotopic (exact) mass is 431 g/mol. The molecule has 1 amide bonds. The number of nitrogens with zero attached hydrogens (tertiary/aromatic N) is 1. The number of aromatic nitrogens is 1. The molecule has 0 saturated heterocycles. The normalized spacial score (nSPS) is 22.0. The highest BCUT2D eigenvalue weighted by Crippen LogP contribution is 2.72. The molecule has 0 radical (unpaired) electrons. The molecule has 2 fully saturated rings. The number of sulfonamides is 1. The van der Waals surface area contributed by atoms with E-state index in [1.807, 2.05) is 0 Å². The first kappa shape index (κ1) is 20.6. The summed E-state index contributed by atoms with van der Waals surface area (Å²) in [6.45, 7) is 0. The maximum atomic E-state index is 13.2. The summed E-state index contributed by atoms with van der Waals surface area (Å²) < 4.78 is 33.5. The van der Waals surface area contributed by atoms with E-state index in [0.29, 0.717) is 11.6 Å². The number of hydrogen-bond acceptors (Lipinski definition) is 6. The minimum atomic E-state index is -3.75. The summed E-state index contributed by atoms with van der Waals surface area (Å²) in [6.07, 6.45) is 4.13. The molecule has 30 heavy (non-hydrogen) atoms. The molecule has 1 heterocycles. The van der Waals surface area contributed by atoms with Gasteiger partial charge in [0.05, 0.1) is 25.0 Å². The lowest BCUT2D eigenvalue weighted by Gasteiger charge is -2.12. The number of benzene rings is 1. The number of ether oxygens (including phenoxy) is 2. The molecule has 0 aliphatic heterocycles. The van der Waals surface area contributed by atoms with Gasteiger partial charge in [-0.25, -0.2) is 13.6 Å². The first-order valence-electron chi connectivity index (χ1n) is 9.83. The van der Waals surface area contributed by atoms with Crippen LogP contribution < -0.4 is 19.9 Å². The molecular formula is C21H25N3O5S. The van der Waals surface area contributed by atoms with Gasteiger partial charge < -0.3 is 14.8 Å². The lowest BCUT2D eigenvalue weighted by molar-refractivity contribution is -0.118. The van der Waals surface area contributed by atoms with Gasteiger partial charge in [-0.15, -0.1) is 0 Å². The summed E-state index contributed by atoms with van der Waals surface area (Å²) in [5, 5.41) is 8.17. The van der Waals surface area contributed by atoms with Gasteiger partial charge in [-0.05, 0) is 42.0 Å². The van der Waals surface area contributed by atoms with Crippen molar-refractivity contribution >= 4 is 21.6 Å². The average molecular weight is 432 g/mol. The lowest BCUT2D eigenvalue weighted by atomic mass is 9.97. The van der Waals surface area contributed by atoms with E-state index >= 15 is 0 Å². The molecule has 0 bridgehead atoms. The van der Waals surface area contributed by atoms with Crippen LogP contribution in [0.15, 0.2) is 41.3 Å². The van der Waals surface area contributed by atoms with Crippen molar-refractivity contribution in [3.63, 3.8) is 0 Å². The van der Waals surface area contributed by atoms with E-state index in [0.717, 1.165) is 31.2 Å². The zero-order valence-electron chi connectivity index (χ0n) is 16.9. The molecule has 2 aliphatic rings. The Balaban J connectivity index is 1.59. The summed E-state index contributed by atoms with van der Waals surface area (Å²) >= 11 is 0. The molecule has 8 nitrogen and oxygen atoms in total. The van der Waals surface area contributed by atoms with Crippen molar-refractivity contribution in [2.75, 3.05) is 19.5 Å². The van der Waals surface area contributed by atoms with Crippen LogP contribution >= 0.6 is 0 Å². The van der Waals surface area contributed by atoms with E-state index in [9.17, 15) is 13.2 Å². The fourth-order valence-corrected chi connectivity index (χ4v) is 5.46. The summed E-state index contributed by atoms with van der Waals surface area (Å²) in [5.41, 5.74) is 1.37. The fourth-order valence-electron chi connectivity index (χ4n) is 4.95. The summed E-state index contributed by atoms with van der Waals surface area (Å²) in [7, 11) is -0.744. The molecule has 2 aromatic rings. The van der Waals surface area contributed by atoms with Crippen LogP contribution in [0.3, 0.4) is 0 Å². The number of nitrogens with two attached hydrogens (primary N) is 1. The summed E-state index contributed by atoms with van der Waals surface area (Å²) in [4.78, 5) is 17.5. The Hall–Kier alpha value is -2.65. The van der Waals surface area contributed by atoms with Crippen LogP contribution in [0.1, 0.15) is 37.2 Å². The van der Waals surface area contributed by atoms with Gasteiger partial charge in [-0.1, -0.05) is 25.0 Å². The third kappa shape index (κ3) is 3.52. The second kappa shape index (κ2) is 7.55. The number of carbonyl (C=O) groups is 1. The van der Waals surface area contributed by atoms with Crippen LogP contribution in [-0.4, -0.2) is 33.5 Å². The highest BCUT2D eigenvalue weighted by atomic mass is 32.2. The van der Waals surface area contributed by atoms with Crippen molar-refractivity contribution in [3.05, 3.63) is 42.0 Å². The minimum absolute atomic E-state index is 0.0479. The Labute approximate surface area is 175 Å². The van der Waals surface area contributed by atoms with Crippen LogP contribution in [-0.2, 0) is 14.8 Å². The standard InChI is InChI=1S/C21H25N3O5S/c1-28-16-10-9-15(20(24-16)29-2)23-19(25)18-17(21(18)11-3-4-12-21)13-5-7-14(8-6-13)30(22,26)27/h5-10,17-18H,3-4,11-12H2,1-2H3,(H,23,25)(H2,22,26,27). The van der Waals surface area contributed by atoms with E-state index in [1.54, 1.807) is 24.3 Å². The zero-order valence-corrected chi connectivity index (χ0v) is 17.7. The lowest BCUT2D eigenvalue weighted by Crippen LogP contribution is -2.18. The maximum Gasteiger partial charge on any atom is 0.240 e. The molecule has 4 rings (SSSR count). The molecule has 2 aliphatic carbocycles. The molecule has 2 unspecified atom stereocenters. The molecule has 2 saturated carbocycles. The molecular weight excluding hydrogens is 406 g/mol. The number of nitrogens with one attached hydrogen (secondary N) is 1. The Morgan fingerprint density at radius 1 is 1.10 bits per heavy atom. The van der Waals surface area contributed by atoms with Gasteiger partial charge in [-0.2, -0.15) is 4.98 Å². The van der Waals surface area contributed by atoms with Gasteiger partial charge in [0, 0.05) is 12.0 Å². The van der Waals surface area contributed by atoms with Crippen LogP contribution in [0.5, 0.6) is 11.8 Å². The topological polar surface area (TPSA) is 121 Å². The zero-order chi connectivity index (χ0) is 21.5. The minimum Gasteiger partial charge on any atom is -0.481 e. The van der Waals surface area contributed by atoms with Crippen LogP contribution in [0, 0.1) is 11.3 Å². The van der Waals surface area contributed by atoms with Crippen molar-refractivity contribution in [3.8, 4) is 11.8 Å². The van der Waals surface area contributed by atoms with Crippen molar-refractivity contribution in [1.82, 2.24) is 4.98 Å². The van der Waals surface area contributed by atoms with E-state index in [1.165, 1.54) is 26.4 Å². The SMILES string of the molecule is COc1ccc(NC(=O)C2C(c3ccc(S(N)(=O)=O)cc3)C23CCCC3)c(OC)n1. The van der Waals surface area contributed by atoms with E-state index < -0.39 is 10.0 Å². The Morgan fingerprint density at radius 3 is 2.33 bits per heavy atom. The van der Waals surface area contributed by atoms with Gasteiger partial charge in [0.15, 0.2) is 0 Å². The fraction of sp³-hybridized carbons (Fsp3) is 0.429. The summed E-state index contributed by atoms with van der Waals surface area (Å²) in [5.74, 6) is 0.468. The van der Waals surface area contributed by atoms with Gasteiger partial charge in [0.25, 0.3) is 0 Å². The van der Waals surface area contributed by atoms with Crippen LogP contribution in [0.2, 0.25) is 0 Å². The first-order chi connectivity index (χ1) is 14.3. The number of methoxy groups -OCH3 is 2. The predicted molar refractivity (Wildman–Crippen MR) is 111 cm³/mol. The van der Waals surface area contributed by atoms with Gasteiger partial charge >= 0.3 is 0 Å². The Bertz CT molecular complexity index is 1060. The van der Waals surface area contributed by atoms with E-state index in [2.05, 4.69) is 10.3 Å². The first-order valence-corrected chi connectivity index (χ1v) is 11.4. The Morgan fingerprint density at radius 2 is 1.77 bits per heavy atom. The van der Waals surface area contributed by atoms with Gasteiger partial charge in [0.1, 0.15) is 5.69 Å². The maximum absolute atomic E-state index is 13.2. The molecule has 9 heteroatoms. The van der Waals surface area contributed by atoms with Crippen LogP contribution in [0.25, 0.3) is 0 Å². The van der Waals surface area contributed by atoms with Gasteiger partial charge in [0.2, 0.25) is 27.7 Å². The van der Waals surface area contributed by atoms with Crippen LogP contribution in [0.4, 0.5) is 5.69 Å². The highest BCUT2D eigenvalue weighted by Gasteiger charge is 2.68. The number of amides is 1. The molecule has 160 valence electrons. The highest BCUT2D eigenvalue weighted by molar-refractivity contribution is 7.89. The Kier molecular flexibility index (Phi) is 5.19. The number of carbonyl (C=O) groups excluding carboxylic acids is 1. The number of pyridine rings is 1. The average Bonchev–Trinajstić information content (AvgIpc) is 3.11. The third-order valence-corrected chi connectivity index (χ3v) is 7.27. The van der Waals surface area contributed by atoms with E-state index in [4.69, 9.17) is 14.6 Å². The number of anilines is 1. The molecule has 3 N–H and O–H groups in total. The van der Waals surface area contributed by atoms with Crippen molar-refractivity contribution in [1.29, 1.82) is 0 Å². The number of hydrogen-bond donors (Lipinski definition) is 2. The van der Waals surface area contributed by atoms with Crippen molar-refractivity contribution in [2.45, 2.75) is 36.5 Å². The van der Waals surface area contributed by atoms with E-state index in [-0.39, 0.29) is 33.9 Å². The number of primary sulfonamides is 1. The number of rotatable bonds is 6. The molecule has 2 atom stereocenters. The molecule has 1 spiro atoms. The smallest absolute Gasteiger partial charge is 0.240 e. The quantitative estimate of drug-likeness (QED) is 0.725. The molecule has 1 aromatic carbocycles.